The summed E-state index contributed by atoms with van der Waals surface area (Å²) in [6.07, 6.45) is 4.89. The minimum atomic E-state index is -3.73. The highest BCUT2D eigenvalue weighted by molar-refractivity contribution is 7.89. The van der Waals surface area contributed by atoms with Crippen molar-refractivity contribution in [3.8, 4) is 0 Å². The maximum atomic E-state index is 13.0. The average molecular weight is 397 g/mol. The van der Waals surface area contributed by atoms with Crippen molar-refractivity contribution in [2.75, 3.05) is 13.1 Å². The molecule has 2 aromatic rings. The van der Waals surface area contributed by atoms with E-state index >= 15 is 0 Å². The van der Waals surface area contributed by atoms with Crippen LogP contribution >= 0.6 is 11.6 Å². The Morgan fingerprint density at radius 2 is 2.19 bits per heavy atom. The van der Waals surface area contributed by atoms with E-state index in [0.29, 0.717) is 25.6 Å². The van der Waals surface area contributed by atoms with E-state index in [-0.39, 0.29) is 21.4 Å². The molecular formula is C18H21ClN2O4S. The molecule has 3 rings (SSSR count). The lowest BCUT2D eigenvalue weighted by Gasteiger charge is -2.30. The van der Waals surface area contributed by atoms with Gasteiger partial charge in [-0.1, -0.05) is 18.5 Å². The van der Waals surface area contributed by atoms with Crippen LogP contribution < -0.4 is 5.32 Å². The standard InChI is InChI=1S/C18H21ClN2O4S/c1-13-3-2-7-21(11-13)26(23,24)17-9-15(4-5-16(17)19)18(22)20-10-14-6-8-25-12-14/h4-6,8-9,12-13H,2-3,7,10-11H2,1H3,(H,20,22). The third-order valence-corrected chi connectivity index (χ3v) is 6.81. The summed E-state index contributed by atoms with van der Waals surface area (Å²) in [5, 5.41) is 2.86. The van der Waals surface area contributed by atoms with Gasteiger partial charge in [-0.15, -0.1) is 0 Å². The number of nitrogens with zero attached hydrogens (tertiary/aromatic N) is 1. The molecular weight excluding hydrogens is 376 g/mol. The van der Waals surface area contributed by atoms with Gasteiger partial charge in [0.25, 0.3) is 5.91 Å². The van der Waals surface area contributed by atoms with Crippen LogP contribution in [0.2, 0.25) is 5.02 Å². The molecule has 1 N–H and O–H groups in total. The van der Waals surface area contributed by atoms with Gasteiger partial charge in [-0.2, -0.15) is 4.31 Å². The monoisotopic (exact) mass is 396 g/mol. The fourth-order valence-corrected chi connectivity index (χ4v) is 5.12. The fourth-order valence-electron chi connectivity index (χ4n) is 3.02. The molecule has 2 heterocycles. The van der Waals surface area contributed by atoms with Gasteiger partial charge in [-0.3, -0.25) is 4.79 Å². The number of sulfonamides is 1. The summed E-state index contributed by atoms with van der Waals surface area (Å²) < 4.78 is 32.3. The summed E-state index contributed by atoms with van der Waals surface area (Å²) >= 11 is 6.15. The third-order valence-electron chi connectivity index (χ3n) is 4.46. The summed E-state index contributed by atoms with van der Waals surface area (Å²) in [5.41, 5.74) is 1.07. The van der Waals surface area contributed by atoms with Crippen molar-refractivity contribution in [3.63, 3.8) is 0 Å². The molecule has 8 heteroatoms. The summed E-state index contributed by atoms with van der Waals surface area (Å²) in [5.74, 6) is -0.0647. The molecule has 1 atom stereocenters. The molecule has 1 aliphatic heterocycles. The quantitative estimate of drug-likeness (QED) is 0.841. The molecule has 0 aliphatic carbocycles. The van der Waals surface area contributed by atoms with Crippen LogP contribution in [0, 0.1) is 5.92 Å². The zero-order valence-electron chi connectivity index (χ0n) is 14.4. The zero-order chi connectivity index (χ0) is 18.7. The maximum Gasteiger partial charge on any atom is 0.251 e. The van der Waals surface area contributed by atoms with E-state index in [1.165, 1.54) is 35.0 Å². The van der Waals surface area contributed by atoms with E-state index in [9.17, 15) is 13.2 Å². The number of hydrogen-bond acceptors (Lipinski definition) is 4. The average Bonchev–Trinajstić information content (AvgIpc) is 3.13. The SMILES string of the molecule is CC1CCCN(S(=O)(=O)c2cc(C(=O)NCc3ccoc3)ccc2Cl)C1. The van der Waals surface area contributed by atoms with E-state index in [0.717, 1.165) is 18.4 Å². The smallest absolute Gasteiger partial charge is 0.251 e. The van der Waals surface area contributed by atoms with E-state index in [1.807, 2.05) is 6.92 Å². The van der Waals surface area contributed by atoms with Crippen LogP contribution in [0.25, 0.3) is 0 Å². The van der Waals surface area contributed by atoms with Crippen molar-refractivity contribution in [1.82, 2.24) is 9.62 Å². The number of carbonyl (C=O) groups is 1. The minimum Gasteiger partial charge on any atom is -0.472 e. The molecule has 0 saturated carbocycles. The van der Waals surface area contributed by atoms with Crippen molar-refractivity contribution < 1.29 is 17.6 Å². The molecule has 1 saturated heterocycles. The number of hydrogen-bond donors (Lipinski definition) is 1. The molecule has 1 amide bonds. The normalized spacial score (nSPS) is 18.6. The van der Waals surface area contributed by atoms with Gasteiger partial charge in [0, 0.05) is 30.8 Å². The molecule has 1 fully saturated rings. The number of benzene rings is 1. The number of halogens is 1. The Labute approximate surface area is 158 Å². The van der Waals surface area contributed by atoms with Gasteiger partial charge in [-0.25, -0.2) is 8.42 Å². The van der Waals surface area contributed by atoms with Gasteiger partial charge in [0.15, 0.2) is 0 Å². The molecule has 1 aromatic carbocycles. The fraction of sp³-hybridized carbons (Fsp3) is 0.389. The lowest BCUT2D eigenvalue weighted by molar-refractivity contribution is 0.0950. The lowest BCUT2D eigenvalue weighted by atomic mass is 10.0. The Bertz CT molecular complexity index is 881. The molecule has 0 radical (unpaired) electrons. The summed E-state index contributed by atoms with van der Waals surface area (Å²) in [7, 11) is -3.73. The highest BCUT2D eigenvalue weighted by Crippen LogP contribution is 2.29. The van der Waals surface area contributed by atoms with Gasteiger partial charge in [-0.05, 0) is 43.0 Å². The first-order chi connectivity index (χ1) is 12.4. The van der Waals surface area contributed by atoms with E-state index in [2.05, 4.69) is 5.32 Å². The number of rotatable bonds is 5. The largest absolute Gasteiger partial charge is 0.472 e. The Balaban J connectivity index is 1.81. The Morgan fingerprint density at radius 1 is 1.38 bits per heavy atom. The Kier molecular flexibility index (Phi) is 5.70. The summed E-state index contributed by atoms with van der Waals surface area (Å²) in [4.78, 5) is 12.3. The second-order valence-electron chi connectivity index (χ2n) is 6.57. The molecule has 1 aromatic heterocycles. The van der Waals surface area contributed by atoms with Crippen LogP contribution in [0.1, 0.15) is 35.7 Å². The Morgan fingerprint density at radius 3 is 2.88 bits per heavy atom. The minimum absolute atomic E-state index is 0.0239. The number of carbonyl (C=O) groups excluding carboxylic acids is 1. The van der Waals surface area contributed by atoms with E-state index in [4.69, 9.17) is 16.0 Å². The van der Waals surface area contributed by atoms with E-state index in [1.54, 1.807) is 6.07 Å². The van der Waals surface area contributed by atoms with Gasteiger partial charge < -0.3 is 9.73 Å². The van der Waals surface area contributed by atoms with Crippen molar-refractivity contribution in [3.05, 3.63) is 52.9 Å². The number of piperidine rings is 1. The number of nitrogens with one attached hydrogen (secondary N) is 1. The molecule has 1 aliphatic rings. The van der Waals surface area contributed by atoms with Crippen molar-refractivity contribution >= 4 is 27.5 Å². The number of amides is 1. The topological polar surface area (TPSA) is 79.6 Å². The van der Waals surface area contributed by atoms with Crippen LogP contribution in [0.4, 0.5) is 0 Å². The van der Waals surface area contributed by atoms with Gasteiger partial charge in [0.05, 0.1) is 17.5 Å². The zero-order valence-corrected chi connectivity index (χ0v) is 16.0. The highest BCUT2D eigenvalue weighted by Gasteiger charge is 2.30. The summed E-state index contributed by atoms with van der Waals surface area (Å²) in [6.45, 7) is 3.27. The van der Waals surface area contributed by atoms with Crippen LogP contribution in [0.5, 0.6) is 0 Å². The van der Waals surface area contributed by atoms with Crippen molar-refractivity contribution in [1.29, 1.82) is 0 Å². The van der Waals surface area contributed by atoms with Crippen LogP contribution in [0.15, 0.2) is 46.1 Å². The first-order valence-electron chi connectivity index (χ1n) is 8.47. The van der Waals surface area contributed by atoms with E-state index < -0.39 is 10.0 Å². The predicted molar refractivity (Wildman–Crippen MR) is 98.5 cm³/mol. The summed E-state index contributed by atoms with van der Waals surface area (Å²) in [6, 6.07) is 6.07. The maximum absolute atomic E-state index is 13.0. The second kappa shape index (κ2) is 7.82. The molecule has 6 nitrogen and oxygen atoms in total. The van der Waals surface area contributed by atoms with Crippen molar-refractivity contribution in [2.45, 2.75) is 31.2 Å². The Hall–Kier alpha value is -1.83. The second-order valence-corrected chi connectivity index (χ2v) is 8.88. The molecule has 140 valence electrons. The van der Waals surface area contributed by atoms with Crippen LogP contribution in [-0.2, 0) is 16.6 Å². The first kappa shape index (κ1) is 18.9. The molecule has 0 spiro atoms. The van der Waals surface area contributed by atoms with Gasteiger partial charge in [0.2, 0.25) is 10.0 Å². The lowest BCUT2D eigenvalue weighted by Crippen LogP contribution is -2.39. The highest BCUT2D eigenvalue weighted by atomic mass is 35.5. The number of furan rings is 1. The van der Waals surface area contributed by atoms with Crippen molar-refractivity contribution in [2.24, 2.45) is 5.92 Å². The third kappa shape index (κ3) is 4.11. The van der Waals surface area contributed by atoms with Gasteiger partial charge >= 0.3 is 0 Å². The molecule has 1 unspecified atom stereocenters. The first-order valence-corrected chi connectivity index (χ1v) is 10.3. The molecule has 26 heavy (non-hydrogen) atoms. The molecule has 0 bridgehead atoms. The van der Waals surface area contributed by atoms with Crippen LogP contribution in [0.3, 0.4) is 0 Å². The van der Waals surface area contributed by atoms with Crippen LogP contribution in [-0.4, -0.2) is 31.7 Å². The van der Waals surface area contributed by atoms with Gasteiger partial charge in [0.1, 0.15) is 4.90 Å². The predicted octanol–water partition coefficient (Wildman–Crippen LogP) is 3.28.